The lowest BCUT2D eigenvalue weighted by Gasteiger charge is -2.30. The molecule has 0 spiro atoms. The molecule has 1 unspecified atom stereocenters. The highest BCUT2D eigenvalue weighted by Gasteiger charge is 2.31. The van der Waals surface area contributed by atoms with Crippen LogP contribution in [0.1, 0.15) is 74.2 Å². The number of benzene rings is 3. The van der Waals surface area contributed by atoms with E-state index in [4.69, 9.17) is 9.72 Å². The first kappa shape index (κ1) is 33.5. The Morgan fingerprint density at radius 3 is 1.89 bits per heavy atom. The molecule has 0 saturated carbocycles. The van der Waals surface area contributed by atoms with Crippen molar-refractivity contribution in [3.8, 4) is 0 Å². The zero-order valence-corrected chi connectivity index (χ0v) is 26.6. The number of H-pyrrole nitrogens is 1. The van der Waals surface area contributed by atoms with Crippen LogP contribution in [0.15, 0.2) is 97.2 Å². The van der Waals surface area contributed by atoms with Gasteiger partial charge in [-0.1, -0.05) is 119 Å². The monoisotopic (exact) mass is 610 g/mol. The molecule has 0 saturated heterocycles. The summed E-state index contributed by atoms with van der Waals surface area (Å²) in [5.74, 6) is 0.401. The average Bonchev–Trinajstić information content (AvgIpc) is 3.54. The van der Waals surface area contributed by atoms with E-state index >= 15 is 0 Å². The number of amides is 2. The van der Waals surface area contributed by atoms with Crippen LogP contribution in [0.25, 0.3) is 0 Å². The number of aliphatic hydroxyl groups is 1. The van der Waals surface area contributed by atoms with Crippen LogP contribution in [0.3, 0.4) is 0 Å². The summed E-state index contributed by atoms with van der Waals surface area (Å²) in [6.45, 7) is 8.05. The minimum absolute atomic E-state index is 0.0998. The molecule has 4 atom stereocenters. The Bertz CT molecular complexity index is 1460. The third-order valence-corrected chi connectivity index (χ3v) is 8.00. The number of nitrogens with one attached hydrogen (secondary N) is 3. The predicted octanol–water partition coefficient (Wildman–Crippen LogP) is 6.29. The van der Waals surface area contributed by atoms with Gasteiger partial charge in [0.25, 0.3) is 0 Å². The molecule has 0 aliphatic carbocycles. The second kappa shape index (κ2) is 16.6. The molecule has 0 aliphatic rings. The van der Waals surface area contributed by atoms with Crippen molar-refractivity contribution in [2.24, 2.45) is 5.92 Å². The summed E-state index contributed by atoms with van der Waals surface area (Å²) in [6.07, 6.45) is 1.77. The quantitative estimate of drug-likeness (QED) is 0.126. The van der Waals surface area contributed by atoms with Crippen molar-refractivity contribution >= 4 is 12.0 Å². The number of hydrogen-bond donors (Lipinski definition) is 4. The van der Waals surface area contributed by atoms with Gasteiger partial charge >= 0.3 is 6.09 Å². The third-order valence-electron chi connectivity index (χ3n) is 8.00. The molecule has 1 heterocycles. The van der Waals surface area contributed by atoms with Gasteiger partial charge in [0.05, 0.1) is 12.1 Å². The largest absolute Gasteiger partial charge is 0.445 e. The van der Waals surface area contributed by atoms with E-state index in [1.165, 1.54) is 0 Å². The molecule has 0 aliphatic heterocycles. The van der Waals surface area contributed by atoms with Gasteiger partial charge in [-0.3, -0.25) is 4.79 Å². The highest BCUT2D eigenvalue weighted by Crippen LogP contribution is 2.27. The summed E-state index contributed by atoms with van der Waals surface area (Å²) >= 11 is 0. The molecule has 1 aromatic heterocycles. The molecule has 8 nitrogen and oxygen atoms in total. The van der Waals surface area contributed by atoms with Crippen LogP contribution >= 0.6 is 0 Å². The van der Waals surface area contributed by atoms with Crippen molar-refractivity contribution < 1.29 is 19.4 Å². The summed E-state index contributed by atoms with van der Waals surface area (Å²) in [5, 5.41) is 17.6. The Balaban J connectivity index is 1.51. The normalized spacial score (nSPS) is 14.0. The first-order chi connectivity index (χ1) is 21.7. The maximum absolute atomic E-state index is 13.7. The van der Waals surface area contributed by atoms with E-state index in [0.29, 0.717) is 25.2 Å². The van der Waals surface area contributed by atoms with Gasteiger partial charge in [0, 0.05) is 17.8 Å². The Labute approximate surface area is 266 Å². The second-order valence-corrected chi connectivity index (χ2v) is 12.3. The lowest BCUT2D eigenvalue weighted by molar-refractivity contribution is -0.125. The van der Waals surface area contributed by atoms with Gasteiger partial charge in [0.15, 0.2) is 0 Å². The Kier molecular flexibility index (Phi) is 12.3. The summed E-state index contributed by atoms with van der Waals surface area (Å²) in [7, 11) is 0. The fourth-order valence-corrected chi connectivity index (χ4v) is 5.35. The van der Waals surface area contributed by atoms with Gasteiger partial charge < -0.3 is 25.5 Å². The molecular weight excluding hydrogens is 564 g/mol. The highest BCUT2D eigenvalue weighted by molar-refractivity contribution is 5.86. The molecule has 45 heavy (non-hydrogen) atoms. The maximum Gasteiger partial charge on any atom is 0.408 e. The van der Waals surface area contributed by atoms with E-state index in [1.807, 2.05) is 98.9 Å². The molecule has 4 rings (SSSR count). The fourth-order valence-electron chi connectivity index (χ4n) is 5.35. The first-order valence-electron chi connectivity index (χ1n) is 15.8. The molecule has 8 heteroatoms. The Hall–Kier alpha value is -4.43. The van der Waals surface area contributed by atoms with Gasteiger partial charge in [-0.2, -0.15) is 0 Å². The number of aromatic amines is 1. The summed E-state index contributed by atoms with van der Waals surface area (Å²) < 4.78 is 5.39. The summed E-state index contributed by atoms with van der Waals surface area (Å²) in [4.78, 5) is 34.6. The van der Waals surface area contributed by atoms with Gasteiger partial charge in [-0.15, -0.1) is 0 Å². The minimum atomic E-state index is -0.895. The molecule has 2 amide bonds. The zero-order valence-electron chi connectivity index (χ0n) is 26.6. The number of aliphatic hydroxyl groups excluding tert-OH is 1. The van der Waals surface area contributed by atoms with Crippen molar-refractivity contribution in [1.82, 2.24) is 20.6 Å². The number of carbonyl (C=O) groups is 2. The molecule has 0 radical (unpaired) electrons. The van der Waals surface area contributed by atoms with E-state index in [1.54, 1.807) is 0 Å². The number of imidazole rings is 1. The summed E-state index contributed by atoms with van der Waals surface area (Å²) in [5.41, 5.74) is 4.01. The molecule has 3 aromatic carbocycles. The smallest absolute Gasteiger partial charge is 0.408 e. The van der Waals surface area contributed by atoms with Crippen LogP contribution in [0.2, 0.25) is 0 Å². The number of ether oxygens (including phenoxy) is 1. The number of alkyl carbamates (subject to hydrolysis) is 1. The van der Waals surface area contributed by atoms with E-state index in [-0.39, 0.29) is 24.3 Å². The number of nitrogens with zero attached hydrogens (tertiary/aromatic N) is 1. The molecule has 0 fully saturated rings. The number of hydrogen-bond acceptors (Lipinski definition) is 5. The molecule has 4 N–H and O–H groups in total. The maximum atomic E-state index is 13.7. The van der Waals surface area contributed by atoms with Crippen LogP contribution < -0.4 is 10.6 Å². The van der Waals surface area contributed by atoms with Crippen molar-refractivity contribution in [3.63, 3.8) is 0 Å². The lowest BCUT2D eigenvalue weighted by Crippen LogP contribution is -2.55. The van der Waals surface area contributed by atoms with Crippen LogP contribution in [-0.4, -0.2) is 45.3 Å². The third kappa shape index (κ3) is 10.3. The van der Waals surface area contributed by atoms with Crippen molar-refractivity contribution in [1.29, 1.82) is 0 Å². The van der Waals surface area contributed by atoms with E-state index in [9.17, 15) is 14.7 Å². The van der Waals surface area contributed by atoms with Gasteiger partial charge in [0.1, 0.15) is 18.5 Å². The molecular formula is C37H46N4O4. The molecule has 4 aromatic rings. The van der Waals surface area contributed by atoms with E-state index in [0.717, 1.165) is 28.2 Å². The topological polar surface area (TPSA) is 116 Å². The van der Waals surface area contributed by atoms with E-state index < -0.39 is 24.3 Å². The fraction of sp³-hybridized carbons (Fsp3) is 0.378. The van der Waals surface area contributed by atoms with Crippen LogP contribution in [0.5, 0.6) is 0 Å². The summed E-state index contributed by atoms with van der Waals surface area (Å²) in [6, 6.07) is 27.8. The zero-order chi connectivity index (χ0) is 32.2. The standard InChI is InChI=1S/C37H46N4O4/c1-25(2)32-23-38-35(39-32)30(20-27-14-8-5-9-15-27)22-33(42)31(21-28-16-10-6-11-17-28)40-36(43)34(26(3)4)41-37(44)45-24-29-18-12-7-13-19-29/h5-19,23,25-26,30-31,33-34,42H,20-22,24H2,1-4H3,(H,38,39)(H,40,43)(H,41,44)/t30?,31-,33-,34-/m0/s1. The van der Waals surface area contributed by atoms with Crippen molar-refractivity contribution in [3.05, 3.63) is 125 Å². The number of rotatable bonds is 15. The van der Waals surface area contributed by atoms with Gasteiger partial charge in [-0.05, 0) is 47.8 Å². The highest BCUT2D eigenvalue weighted by atomic mass is 16.5. The first-order valence-corrected chi connectivity index (χ1v) is 15.8. The molecule has 0 bridgehead atoms. The lowest BCUT2D eigenvalue weighted by atomic mass is 9.88. The predicted molar refractivity (Wildman–Crippen MR) is 177 cm³/mol. The number of carbonyl (C=O) groups excluding carboxylic acids is 2. The van der Waals surface area contributed by atoms with Gasteiger partial charge in [-0.25, -0.2) is 9.78 Å². The second-order valence-electron chi connectivity index (χ2n) is 12.3. The van der Waals surface area contributed by atoms with Crippen molar-refractivity contribution in [2.75, 3.05) is 0 Å². The minimum Gasteiger partial charge on any atom is -0.445 e. The molecule has 238 valence electrons. The SMILES string of the molecule is CC(C)c1cnc(C(Cc2ccccc2)C[C@H](O)[C@H](Cc2ccccc2)NC(=O)[C@@H](NC(=O)OCc2ccccc2)C(C)C)[nH]1. The van der Waals surface area contributed by atoms with Gasteiger partial charge in [0.2, 0.25) is 5.91 Å². The average molecular weight is 611 g/mol. The van der Waals surface area contributed by atoms with Crippen LogP contribution in [-0.2, 0) is 29.0 Å². The van der Waals surface area contributed by atoms with Crippen molar-refractivity contribution in [2.45, 2.75) is 83.6 Å². The Morgan fingerprint density at radius 2 is 1.36 bits per heavy atom. The number of aromatic nitrogens is 2. The Morgan fingerprint density at radius 1 is 0.800 bits per heavy atom. The van der Waals surface area contributed by atoms with E-state index in [2.05, 4.69) is 41.6 Å². The van der Waals surface area contributed by atoms with Crippen LogP contribution in [0, 0.1) is 5.92 Å². The van der Waals surface area contributed by atoms with Crippen LogP contribution in [0.4, 0.5) is 4.79 Å².